The van der Waals surface area contributed by atoms with Gasteiger partial charge in [0, 0.05) is 25.3 Å². The summed E-state index contributed by atoms with van der Waals surface area (Å²) >= 11 is 0. The normalized spacial score (nSPS) is 18.3. The van der Waals surface area contributed by atoms with E-state index in [0.717, 1.165) is 19.3 Å². The first kappa shape index (κ1) is 18.4. The van der Waals surface area contributed by atoms with Crippen molar-refractivity contribution in [1.29, 1.82) is 0 Å². The van der Waals surface area contributed by atoms with Crippen molar-refractivity contribution < 1.29 is 23.8 Å². The zero-order valence-electron chi connectivity index (χ0n) is 14.5. The number of ether oxygens (including phenoxy) is 3. The molecule has 0 spiro atoms. The van der Waals surface area contributed by atoms with Gasteiger partial charge in [0.05, 0.1) is 26.5 Å². The molecule has 1 saturated heterocycles. The molecular weight excluding hydrogens is 310 g/mol. The summed E-state index contributed by atoms with van der Waals surface area (Å²) in [7, 11) is 4.87. The minimum Gasteiger partial charge on any atom is -0.497 e. The number of rotatable bonds is 8. The maximum Gasteiger partial charge on any atom is 0.187 e. The summed E-state index contributed by atoms with van der Waals surface area (Å²) in [6.07, 6.45) is 4.33. The van der Waals surface area contributed by atoms with Crippen LogP contribution in [0.3, 0.4) is 0 Å². The highest BCUT2D eigenvalue weighted by Crippen LogP contribution is 2.17. The zero-order chi connectivity index (χ0) is 17.4. The van der Waals surface area contributed by atoms with Crippen LogP contribution in [0.1, 0.15) is 29.6 Å². The van der Waals surface area contributed by atoms with E-state index in [1.807, 2.05) is 0 Å². The Labute approximate surface area is 142 Å². The van der Waals surface area contributed by atoms with E-state index < -0.39 is 0 Å². The second-order valence-corrected chi connectivity index (χ2v) is 5.52. The third-order valence-corrected chi connectivity index (χ3v) is 3.91. The Morgan fingerprint density at radius 3 is 2.62 bits per heavy atom. The van der Waals surface area contributed by atoms with Gasteiger partial charge < -0.3 is 14.2 Å². The first-order chi connectivity index (χ1) is 11.6. The minimum absolute atomic E-state index is 0.121. The summed E-state index contributed by atoms with van der Waals surface area (Å²) in [5.41, 5.74) is 1.21. The second-order valence-electron chi connectivity index (χ2n) is 5.52. The lowest BCUT2D eigenvalue weighted by atomic mass is 10.1. The van der Waals surface area contributed by atoms with E-state index in [1.54, 1.807) is 45.5 Å². The van der Waals surface area contributed by atoms with E-state index in [-0.39, 0.29) is 18.7 Å². The van der Waals surface area contributed by atoms with Crippen LogP contribution < -0.4 is 4.74 Å². The summed E-state index contributed by atoms with van der Waals surface area (Å²) in [4.78, 5) is 17.6. The fraction of sp³-hybridized carbons (Fsp3) is 0.500. The quantitative estimate of drug-likeness (QED) is 0.414. The molecule has 1 atom stereocenters. The smallest absolute Gasteiger partial charge is 0.187 e. The Morgan fingerprint density at radius 2 is 2.04 bits per heavy atom. The van der Waals surface area contributed by atoms with Crippen molar-refractivity contribution >= 4 is 5.78 Å². The number of methoxy groups -OCH3 is 1. The highest BCUT2D eigenvalue weighted by molar-refractivity contribution is 6.04. The fourth-order valence-corrected chi connectivity index (χ4v) is 2.35. The average Bonchev–Trinajstić information content (AvgIpc) is 2.65. The average molecular weight is 335 g/mol. The summed E-state index contributed by atoms with van der Waals surface area (Å²) in [5.74, 6) is 0.590. The molecule has 1 aromatic carbocycles. The van der Waals surface area contributed by atoms with Gasteiger partial charge in [-0.2, -0.15) is 0 Å². The molecule has 0 radical (unpaired) electrons. The zero-order valence-corrected chi connectivity index (χ0v) is 14.5. The van der Waals surface area contributed by atoms with Gasteiger partial charge in [-0.1, -0.05) is 0 Å². The third-order valence-electron chi connectivity index (χ3n) is 3.91. The van der Waals surface area contributed by atoms with Gasteiger partial charge in [0.25, 0.3) is 0 Å². The lowest BCUT2D eigenvalue weighted by molar-refractivity contribution is -0.168. The van der Waals surface area contributed by atoms with Gasteiger partial charge in [-0.25, -0.2) is 0 Å². The molecule has 1 unspecified atom stereocenters. The van der Waals surface area contributed by atoms with Crippen LogP contribution in [-0.4, -0.2) is 51.6 Å². The van der Waals surface area contributed by atoms with Gasteiger partial charge in [0.1, 0.15) is 5.75 Å². The Balaban J connectivity index is 2.03. The first-order valence-electron chi connectivity index (χ1n) is 8.04. The second kappa shape index (κ2) is 9.42. The number of ketones is 1. The number of hydrogen-bond donors (Lipinski definition) is 0. The molecule has 0 N–H and O–H groups in total. The fourth-order valence-electron chi connectivity index (χ4n) is 2.35. The van der Waals surface area contributed by atoms with E-state index in [0.29, 0.717) is 23.6 Å². The molecule has 0 amide bonds. The van der Waals surface area contributed by atoms with E-state index in [9.17, 15) is 4.79 Å². The largest absolute Gasteiger partial charge is 0.497 e. The van der Waals surface area contributed by atoms with Gasteiger partial charge in [0.15, 0.2) is 12.1 Å². The predicted molar refractivity (Wildman–Crippen MR) is 89.7 cm³/mol. The summed E-state index contributed by atoms with van der Waals surface area (Å²) in [6.45, 7) is 0.964. The van der Waals surface area contributed by atoms with Crippen molar-refractivity contribution in [3.8, 4) is 5.75 Å². The topological polar surface area (TPSA) is 57.2 Å². The highest BCUT2D eigenvalue weighted by atomic mass is 16.7. The number of carbonyl (C=O) groups excluding carboxylic acids is 1. The Hall–Kier alpha value is -1.89. The molecule has 1 fully saturated rings. The van der Waals surface area contributed by atoms with Crippen LogP contribution in [0.4, 0.5) is 0 Å². The van der Waals surface area contributed by atoms with Crippen LogP contribution in [0.15, 0.2) is 36.0 Å². The van der Waals surface area contributed by atoms with Crippen LogP contribution in [0.5, 0.6) is 5.75 Å². The number of carbonyl (C=O) groups is 1. The van der Waals surface area contributed by atoms with E-state index >= 15 is 0 Å². The summed E-state index contributed by atoms with van der Waals surface area (Å²) in [6, 6.07) is 6.97. The SMILES string of the molecule is COc1ccc(C(=O)/C=C(\COC2CCCCO2)N(C)OC)cc1. The molecular formula is C18H25NO5. The van der Waals surface area contributed by atoms with Crippen LogP contribution in [0, 0.1) is 0 Å². The number of nitrogens with zero attached hydrogens (tertiary/aromatic N) is 1. The van der Waals surface area contributed by atoms with Crippen LogP contribution in [0.2, 0.25) is 0 Å². The van der Waals surface area contributed by atoms with Crippen molar-refractivity contribution in [2.45, 2.75) is 25.6 Å². The lowest BCUT2D eigenvalue weighted by Crippen LogP contribution is -2.27. The van der Waals surface area contributed by atoms with Gasteiger partial charge in [-0.05, 0) is 43.5 Å². The molecule has 6 nitrogen and oxygen atoms in total. The standard InChI is InChI=1S/C18H25NO5/c1-19(22-3)15(13-24-18-6-4-5-11-23-18)12-17(20)14-7-9-16(21-2)10-8-14/h7-10,12,18H,4-6,11,13H2,1-3H3/b15-12+. The molecule has 132 valence electrons. The minimum atomic E-state index is -0.219. The molecule has 0 aromatic heterocycles. The van der Waals surface area contributed by atoms with Gasteiger partial charge in [-0.15, -0.1) is 0 Å². The molecule has 0 saturated carbocycles. The third kappa shape index (κ3) is 5.33. The molecule has 0 aliphatic carbocycles. The number of hydrogen-bond acceptors (Lipinski definition) is 6. The summed E-state index contributed by atoms with van der Waals surface area (Å²) < 4.78 is 16.4. The maximum atomic E-state index is 12.4. The van der Waals surface area contributed by atoms with Crippen molar-refractivity contribution in [2.75, 3.05) is 34.5 Å². The van der Waals surface area contributed by atoms with Crippen molar-refractivity contribution in [1.82, 2.24) is 5.06 Å². The number of hydroxylamine groups is 2. The Kier molecular flexibility index (Phi) is 7.24. The molecule has 2 rings (SSSR count). The predicted octanol–water partition coefficient (Wildman–Crippen LogP) is 2.80. The monoisotopic (exact) mass is 335 g/mol. The van der Waals surface area contributed by atoms with Crippen molar-refractivity contribution in [3.63, 3.8) is 0 Å². The molecule has 6 heteroatoms. The molecule has 0 bridgehead atoms. The van der Waals surface area contributed by atoms with Crippen LogP contribution >= 0.6 is 0 Å². The Morgan fingerprint density at radius 1 is 1.29 bits per heavy atom. The van der Waals surface area contributed by atoms with E-state index in [1.165, 1.54) is 11.1 Å². The van der Waals surface area contributed by atoms with Gasteiger partial charge in [-0.3, -0.25) is 14.7 Å². The number of benzene rings is 1. The Bertz CT molecular complexity index is 549. The van der Waals surface area contributed by atoms with E-state index in [2.05, 4.69) is 0 Å². The lowest BCUT2D eigenvalue weighted by Gasteiger charge is -2.25. The van der Waals surface area contributed by atoms with Crippen molar-refractivity contribution in [2.24, 2.45) is 0 Å². The van der Waals surface area contributed by atoms with E-state index in [4.69, 9.17) is 19.0 Å². The summed E-state index contributed by atoms with van der Waals surface area (Å²) in [5, 5.41) is 1.52. The maximum absolute atomic E-state index is 12.4. The number of allylic oxidation sites excluding steroid dienone is 1. The molecule has 1 aliphatic heterocycles. The molecule has 24 heavy (non-hydrogen) atoms. The highest BCUT2D eigenvalue weighted by Gasteiger charge is 2.17. The molecule has 1 aliphatic rings. The first-order valence-corrected chi connectivity index (χ1v) is 8.04. The van der Waals surface area contributed by atoms with Crippen molar-refractivity contribution in [3.05, 3.63) is 41.6 Å². The van der Waals surface area contributed by atoms with Gasteiger partial charge in [0.2, 0.25) is 0 Å². The molecule has 1 heterocycles. The van der Waals surface area contributed by atoms with Gasteiger partial charge >= 0.3 is 0 Å². The van der Waals surface area contributed by atoms with Crippen LogP contribution in [0.25, 0.3) is 0 Å². The van der Waals surface area contributed by atoms with Crippen LogP contribution in [-0.2, 0) is 14.3 Å². The molecule has 1 aromatic rings. The number of likely N-dealkylation sites (N-methyl/N-ethyl adjacent to an activating group) is 1.